The fourth-order valence-electron chi connectivity index (χ4n) is 2.44. The second-order valence-electron chi connectivity index (χ2n) is 5.77. The van der Waals surface area contributed by atoms with Gasteiger partial charge < -0.3 is 10.6 Å². The monoisotopic (exact) mass is 368 g/mol. The molecule has 132 valence electrons. The Balaban J connectivity index is 0.00000242. The summed E-state index contributed by atoms with van der Waals surface area (Å²) in [6.45, 7) is 4.60. The molecule has 1 heterocycles. The number of carbonyl (C=O) groups is 1. The molecule has 2 N–H and O–H groups in total. The van der Waals surface area contributed by atoms with Crippen molar-refractivity contribution in [1.29, 1.82) is 0 Å². The summed E-state index contributed by atoms with van der Waals surface area (Å²) in [4.78, 5) is 12.0. The van der Waals surface area contributed by atoms with E-state index in [-0.39, 0.29) is 45.0 Å². The van der Waals surface area contributed by atoms with Crippen LogP contribution in [0, 0.1) is 5.92 Å². The first-order valence-corrected chi connectivity index (χ1v) is 6.98. The van der Waals surface area contributed by atoms with Crippen molar-refractivity contribution in [2.45, 2.75) is 38.5 Å². The average Bonchev–Trinajstić information content (AvgIpc) is 2.40. The molecule has 1 fully saturated rings. The highest BCUT2D eigenvalue weighted by atomic mass is 32.1. The maximum atomic E-state index is 12.5. The van der Waals surface area contributed by atoms with Gasteiger partial charge in [-0.15, -0.1) is 0 Å². The van der Waals surface area contributed by atoms with E-state index in [2.05, 4.69) is 10.6 Å². The van der Waals surface area contributed by atoms with Crippen molar-refractivity contribution >= 4 is 32.9 Å². The van der Waals surface area contributed by atoms with E-state index in [0.29, 0.717) is 18.0 Å². The number of alkyl halides is 3. The Labute approximate surface area is 148 Å². The van der Waals surface area contributed by atoms with Crippen molar-refractivity contribution in [1.82, 2.24) is 10.6 Å². The molecule has 2 rings (SSSR count). The maximum absolute atomic E-state index is 12.5. The SMILES string of the molecule is CC(C)C[C@@H]1NC[C@H](c2ccc(C(F)(F)F)cc2)NC1=O.S.S. The largest absolute Gasteiger partial charge is 0.416 e. The van der Waals surface area contributed by atoms with E-state index in [1.165, 1.54) is 12.1 Å². The van der Waals surface area contributed by atoms with Gasteiger partial charge in [-0.3, -0.25) is 4.79 Å². The summed E-state index contributed by atoms with van der Waals surface area (Å²) in [7, 11) is 0. The van der Waals surface area contributed by atoms with Crippen LogP contribution in [-0.4, -0.2) is 18.5 Å². The molecule has 1 aromatic carbocycles. The van der Waals surface area contributed by atoms with E-state index in [0.717, 1.165) is 18.6 Å². The van der Waals surface area contributed by atoms with Gasteiger partial charge in [0, 0.05) is 6.54 Å². The average molecular weight is 368 g/mol. The first kappa shape index (κ1) is 22.1. The highest BCUT2D eigenvalue weighted by Crippen LogP contribution is 2.30. The third-order valence-corrected chi connectivity index (χ3v) is 3.55. The van der Waals surface area contributed by atoms with Crippen LogP contribution in [0.25, 0.3) is 0 Å². The Morgan fingerprint density at radius 2 is 1.74 bits per heavy atom. The summed E-state index contributed by atoms with van der Waals surface area (Å²) >= 11 is 0. The Morgan fingerprint density at radius 1 is 1.17 bits per heavy atom. The normalized spacial score (nSPS) is 21.2. The van der Waals surface area contributed by atoms with Crippen LogP contribution in [0.5, 0.6) is 0 Å². The number of hydrogen-bond donors (Lipinski definition) is 2. The number of benzene rings is 1. The number of amides is 1. The smallest absolute Gasteiger partial charge is 0.347 e. The van der Waals surface area contributed by atoms with Gasteiger partial charge in [0.05, 0.1) is 17.6 Å². The van der Waals surface area contributed by atoms with Crippen molar-refractivity contribution < 1.29 is 18.0 Å². The van der Waals surface area contributed by atoms with Gasteiger partial charge in [-0.25, -0.2) is 0 Å². The highest BCUT2D eigenvalue weighted by molar-refractivity contribution is 7.59. The van der Waals surface area contributed by atoms with Crippen LogP contribution in [0.1, 0.15) is 37.4 Å². The van der Waals surface area contributed by atoms with Gasteiger partial charge >= 0.3 is 6.18 Å². The van der Waals surface area contributed by atoms with Crippen molar-refractivity contribution in [2.75, 3.05) is 6.54 Å². The fraction of sp³-hybridized carbons (Fsp3) is 0.533. The summed E-state index contributed by atoms with van der Waals surface area (Å²) in [5.41, 5.74) is -0.00845. The van der Waals surface area contributed by atoms with Gasteiger partial charge in [0.2, 0.25) is 5.91 Å². The second kappa shape index (κ2) is 8.84. The summed E-state index contributed by atoms with van der Waals surface area (Å²) in [6, 6.07) is 4.40. The summed E-state index contributed by atoms with van der Waals surface area (Å²) in [6.07, 6.45) is -3.60. The van der Waals surface area contributed by atoms with E-state index < -0.39 is 11.7 Å². The topological polar surface area (TPSA) is 41.1 Å². The van der Waals surface area contributed by atoms with Crippen LogP contribution in [0.4, 0.5) is 13.2 Å². The Hall–Kier alpha value is -0.860. The molecule has 0 radical (unpaired) electrons. The van der Waals surface area contributed by atoms with Gasteiger partial charge in [-0.1, -0.05) is 26.0 Å². The zero-order chi connectivity index (χ0) is 15.6. The molecule has 0 bridgehead atoms. The quantitative estimate of drug-likeness (QED) is 0.861. The Kier molecular flexibility index (Phi) is 8.51. The van der Waals surface area contributed by atoms with Gasteiger partial charge in [0.25, 0.3) is 0 Å². The van der Waals surface area contributed by atoms with Crippen molar-refractivity contribution in [3.63, 3.8) is 0 Å². The zero-order valence-electron chi connectivity index (χ0n) is 13.0. The molecule has 1 amide bonds. The van der Waals surface area contributed by atoms with Gasteiger partial charge in [-0.05, 0) is 30.0 Å². The van der Waals surface area contributed by atoms with Crippen molar-refractivity contribution in [3.8, 4) is 0 Å². The molecule has 3 nitrogen and oxygen atoms in total. The van der Waals surface area contributed by atoms with Crippen LogP contribution < -0.4 is 10.6 Å². The summed E-state index contributed by atoms with van der Waals surface area (Å²) < 4.78 is 37.5. The van der Waals surface area contributed by atoms with E-state index in [9.17, 15) is 18.0 Å². The van der Waals surface area contributed by atoms with E-state index in [4.69, 9.17) is 0 Å². The number of rotatable bonds is 3. The molecule has 0 saturated carbocycles. The molecule has 0 unspecified atom stereocenters. The lowest BCUT2D eigenvalue weighted by Gasteiger charge is -2.31. The summed E-state index contributed by atoms with van der Waals surface area (Å²) in [5.74, 6) is 0.302. The Morgan fingerprint density at radius 3 is 2.17 bits per heavy atom. The molecule has 1 aliphatic heterocycles. The predicted molar refractivity (Wildman–Crippen MR) is 94.3 cm³/mol. The van der Waals surface area contributed by atoms with Gasteiger partial charge in [-0.2, -0.15) is 40.2 Å². The second-order valence-corrected chi connectivity index (χ2v) is 5.77. The minimum absolute atomic E-state index is 0. The van der Waals surface area contributed by atoms with E-state index in [1.807, 2.05) is 13.8 Å². The molecule has 23 heavy (non-hydrogen) atoms. The minimum Gasteiger partial charge on any atom is -0.347 e. The standard InChI is InChI=1S/C15H19F3N2O.2H2S/c1-9(2)7-12-14(21)20-13(8-19-12)10-3-5-11(6-4-10)15(16,17)18;;/h3-6,9,12-13,19H,7-8H2,1-2H3,(H,20,21);2*1H2/t12-,13+;;/m0../s1. The van der Waals surface area contributed by atoms with Crippen LogP contribution >= 0.6 is 27.0 Å². The molecule has 1 aromatic rings. The maximum Gasteiger partial charge on any atom is 0.416 e. The molecule has 0 aromatic heterocycles. The van der Waals surface area contributed by atoms with Gasteiger partial charge in [0.15, 0.2) is 0 Å². The molecular weight excluding hydrogens is 345 g/mol. The molecular formula is C15H23F3N2OS2. The third-order valence-electron chi connectivity index (χ3n) is 3.55. The molecule has 2 atom stereocenters. The van der Waals surface area contributed by atoms with Crippen LogP contribution in [0.2, 0.25) is 0 Å². The summed E-state index contributed by atoms with van der Waals surface area (Å²) in [5, 5.41) is 6.02. The van der Waals surface area contributed by atoms with Crippen LogP contribution in [0.3, 0.4) is 0 Å². The lowest BCUT2D eigenvalue weighted by atomic mass is 9.97. The molecule has 0 spiro atoms. The van der Waals surface area contributed by atoms with E-state index >= 15 is 0 Å². The van der Waals surface area contributed by atoms with Gasteiger partial charge in [0.1, 0.15) is 0 Å². The van der Waals surface area contributed by atoms with Crippen LogP contribution in [-0.2, 0) is 11.0 Å². The first-order chi connectivity index (χ1) is 9.77. The van der Waals surface area contributed by atoms with Crippen molar-refractivity contribution in [3.05, 3.63) is 35.4 Å². The molecule has 1 saturated heterocycles. The highest BCUT2D eigenvalue weighted by Gasteiger charge is 2.31. The number of halogens is 3. The number of hydrogen-bond acceptors (Lipinski definition) is 2. The predicted octanol–water partition coefficient (Wildman–Crippen LogP) is 3.11. The van der Waals surface area contributed by atoms with Crippen molar-refractivity contribution in [2.24, 2.45) is 5.92 Å². The molecule has 8 heteroatoms. The number of carbonyl (C=O) groups excluding carboxylic acids is 1. The number of nitrogens with one attached hydrogen (secondary N) is 2. The number of piperazine rings is 1. The molecule has 0 aliphatic carbocycles. The Bertz CT molecular complexity index is 506. The zero-order valence-corrected chi connectivity index (χ0v) is 15.0. The third kappa shape index (κ3) is 5.93. The first-order valence-electron chi connectivity index (χ1n) is 6.98. The van der Waals surface area contributed by atoms with E-state index in [1.54, 1.807) is 0 Å². The fourth-order valence-corrected chi connectivity index (χ4v) is 2.44. The molecule has 1 aliphatic rings. The lowest BCUT2D eigenvalue weighted by molar-refractivity contribution is -0.137. The minimum atomic E-state index is -4.34. The van der Waals surface area contributed by atoms with Crippen LogP contribution in [0.15, 0.2) is 24.3 Å². The lowest BCUT2D eigenvalue weighted by Crippen LogP contribution is -2.54.